The maximum Gasteiger partial charge on any atom is 0.330 e. The minimum atomic E-state index is -0.295. The number of allylic oxidation sites excluding steroid dienone is 1. The maximum absolute atomic E-state index is 12.8. The Labute approximate surface area is 196 Å². The summed E-state index contributed by atoms with van der Waals surface area (Å²) in [7, 11) is 4.73. The first-order chi connectivity index (χ1) is 16.5. The van der Waals surface area contributed by atoms with E-state index in [2.05, 4.69) is 4.98 Å². The molecule has 4 rings (SSSR count). The van der Waals surface area contributed by atoms with E-state index in [9.17, 15) is 9.59 Å². The number of hydrogen-bond donors (Lipinski definition) is 1. The predicted molar refractivity (Wildman–Crippen MR) is 131 cm³/mol. The van der Waals surface area contributed by atoms with Gasteiger partial charge in [0.1, 0.15) is 5.75 Å². The van der Waals surface area contributed by atoms with Gasteiger partial charge in [-0.25, -0.2) is 4.79 Å². The molecular formula is C27H24N2O5. The van der Waals surface area contributed by atoms with E-state index in [0.29, 0.717) is 28.4 Å². The monoisotopic (exact) mass is 456 g/mol. The first-order valence-electron chi connectivity index (χ1n) is 10.5. The van der Waals surface area contributed by atoms with Crippen molar-refractivity contribution in [2.24, 2.45) is 0 Å². The molecule has 1 heterocycles. The second-order valence-electron chi connectivity index (χ2n) is 7.43. The lowest BCUT2D eigenvalue weighted by atomic mass is 10.1. The molecule has 172 valence electrons. The number of carbonyl (C=O) groups is 1. The molecule has 0 spiro atoms. The first kappa shape index (κ1) is 22.7. The maximum atomic E-state index is 12.8. The molecule has 0 fully saturated rings. The second kappa shape index (κ2) is 9.95. The number of ketones is 1. The molecular weight excluding hydrogens is 432 g/mol. The zero-order valence-electron chi connectivity index (χ0n) is 19.1. The number of H-pyrrole nitrogens is 1. The van der Waals surface area contributed by atoms with Crippen LogP contribution in [0.5, 0.6) is 17.2 Å². The van der Waals surface area contributed by atoms with Gasteiger partial charge >= 0.3 is 5.69 Å². The number of benzene rings is 3. The Morgan fingerprint density at radius 3 is 2.35 bits per heavy atom. The van der Waals surface area contributed by atoms with E-state index in [4.69, 9.17) is 14.2 Å². The van der Waals surface area contributed by atoms with Crippen LogP contribution in [0, 0.1) is 0 Å². The summed E-state index contributed by atoms with van der Waals surface area (Å²) in [5.41, 5.74) is 3.07. The third-order valence-electron chi connectivity index (χ3n) is 5.36. The molecule has 0 saturated carbocycles. The molecule has 0 atom stereocenters. The number of rotatable bonds is 8. The Kier molecular flexibility index (Phi) is 6.64. The third-order valence-corrected chi connectivity index (χ3v) is 5.36. The van der Waals surface area contributed by atoms with E-state index in [-0.39, 0.29) is 11.5 Å². The molecule has 0 unspecified atom stereocenters. The van der Waals surface area contributed by atoms with Crippen molar-refractivity contribution in [1.29, 1.82) is 0 Å². The second-order valence-corrected chi connectivity index (χ2v) is 7.43. The largest absolute Gasteiger partial charge is 0.497 e. The molecule has 0 aliphatic heterocycles. The van der Waals surface area contributed by atoms with Crippen molar-refractivity contribution in [3.8, 4) is 34.2 Å². The molecule has 0 aliphatic carbocycles. The molecule has 0 saturated heterocycles. The number of aromatic nitrogens is 2. The van der Waals surface area contributed by atoms with Gasteiger partial charge in [-0.2, -0.15) is 0 Å². The van der Waals surface area contributed by atoms with Gasteiger partial charge < -0.3 is 19.2 Å². The number of aromatic amines is 1. The minimum Gasteiger partial charge on any atom is -0.497 e. The molecule has 1 N–H and O–H groups in total. The van der Waals surface area contributed by atoms with Gasteiger partial charge in [-0.05, 0) is 65.7 Å². The van der Waals surface area contributed by atoms with Crippen molar-refractivity contribution >= 4 is 11.9 Å². The topological polar surface area (TPSA) is 82.5 Å². The van der Waals surface area contributed by atoms with Crippen LogP contribution in [0.2, 0.25) is 0 Å². The molecule has 0 bridgehead atoms. The fourth-order valence-corrected chi connectivity index (χ4v) is 3.54. The summed E-state index contributed by atoms with van der Waals surface area (Å²) in [4.78, 5) is 28.3. The standard InChI is InChI=1S/C27H24N2O5/c1-32-22-11-9-19(10-12-22)23-17-29(27(31)28-23)21-6-4-5-20(16-21)24(30)13-7-18-8-14-25(33-2)26(15-18)34-3/h4-17H,1-3H3,(H,28,31). The van der Waals surface area contributed by atoms with Crippen molar-refractivity contribution in [3.05, 3.63) is 101 Å². The molecule has 7 heteroatoms. The first-order valence-corrected chi connectivity index (χ1v) is 10.5. The van der Waals surface area contributed by atoms with Gasteiger partial charge in [0.15, 0.2) is 17.3 Å². The number of nitrogens with one attached hydrogen (secondary N) is 1. The Hall–Kier alpha value is -4.52. The van der Waals surface area contributed by atoms with Crippen LogP contribution in [0.25, 0.3) is 23.0 Å². The van der Waals surface area contributed by atoms with Crippen molar-refractivity contribution in [1.82, 2.24) is 9.55 Å². The van der Waals surface area contributed by atoms with Gasteiger partial charge in [0.2, 0.25) is 0 Å². The molecule has 34 heavy (non-hydrogen) atoms. The van der Waals surface area contributed by atoms with Gasteiger partial charge in [-0.15, -0.1) is 0 Å². The summed E-state index contributed by atoms with van der Waals surface area (Å²) in [5, 5.41) is 0. The van der Waals surface area contributed by atoms with Gasteiger partial charge in [-0.3, -0.25) is 9.36 Å². The zero-order chi connectivity index (χ0) is 24.1. The minimum absolute atomic E-state index is 0.185. The van der Waals surface area contributed by atoms with E-state index < -0.39 is 0 Å². The lowest BCUT2D eigenvalue weighted by molar-refractivity contribution is 0.104. The lowest BCUT2D eigenvalue weighted by Gasteiger charge is -2.07. The van der Waals surface area contributed by atoms with E-state index >= 15 is 0 Å². The van der Waals surface area contributed by atoms with Crippen LogP contribution in [-0.2, 0) is 0 Å². The average Bonchev–Trinajstić information content (AvgIpc) is 3.28. The average molecular weight is 456 g/mol. The number of nitrogens with zero attached hydrogens (tertiary/aromatic N) is 1. The van der Waals surface area contributed by atoms with Crippen LogP contribution in [-0.4, -0.2) is 36.7 Å². The number of hydrogen-bond acceptors (Lipinski definition) is 5. The van der Waals surface area contributed by atoms with Crippen LogP contribution >= 0.6 is 0 Å². The van der Waals surface area contributed by atoms with Crippen LogP contribution in [0.4, 0.5) is 0 Å². The van der Waals surface area contributed by atoms with Crippen LogP contribution < -0.4 is 19.9 Å². The number of ether oxygens (including phenoxy) is 3. The predicted octanol–water partition coefficient (Wildman–Crippen LogP) is 4.75. The summed E-state index contributed by atoms with van der Waals surface area (Å²) >= 11 is 0. The van der Waals surface area contributed by atoms with Gasteiger partial charge in [0.25, 0.3) is 0 Å². The summed E-state index contributed by atoms with van der Waals surface area (Å²) in [6.45, 7) is 0. The van der Waals surface area contributed by atoms with Crippen LogP contribution in [0.15, 0.2) is 83.8 Å². The molecule has 0 amide bonds. The van der Waals surface area contributed by atoms with Gasteiger partial charge in [0.05, 0.1) is 32.7 Å². The highest BCUT2D eigenvalue weighted by molar-refractivity contribution is 6.07. The number of imidazole rings is 1. The number of carbonyl (C=O) groups excluding carboxylic acids is 1. The third kappa shape index (κ3) is 4.78. The number of methoxy groups -OCH3 is 3. The molecule has 1 aromatic heterocycles. The Bertz CT molecular complexity index is 1400. The summed E-state index contributed by atoms with van der Waals surface area (Å²) < 4.78 is 17.2. The highest BCUT2D eigenvalue weighted by Gasteiger charge is 2.10. The lowest BCUT2D eigenvalue weighted by Crippen LogP contribution is -2.14. The quantitative estimate of drug-likeness (QED) is 0.306. The van der Waals surface area contributed by atoms with Crippen molar-refractivity contribution < 1.29 is 19.0 Å². The van der Waals surface area contributed by atoms with Gasteiger partial charge in [0, 0.05) is 11.8 Å². The van der Waals surface area contributed by atoms with E-state index in [0.717, 1.165) is 16.9 Å². The Morgan fingerprint density at radius 2 is 1.65 bits per heavy atom. The summed E-state index contributed by atoms with van der Waals surface area (Å²) in [6.07, 6.45) is 4.91. The van der Waals surface area contributed by atoms with Crippen LogP contribution in [0.1, 0.15) is 15.9 Å². The SMILES string of the molecule is COc1ccc(-c2cn(-c3cccc(C(=O)C=Cc4ccc(OC)c(OC)c4)c3)c(=O)[nH]2)cc1. The van der Waals surface area contributed by atoms with E-state index in [1.54, 1.807) is 70.0 Å². The Morgan fingerprint density at radius 1 is 0.882 bits per heavy atom. The fraction of sp³-hybridized carbons (Fsp3) is 0.111. The van der Waals surface area contributed by atoms with Crippen molar-refractivity contribution in [2.75, 3.05) is 21.3 Å². The summed E-state index contributed by atoms with van der Waals surface area (Å²) in [6, 6.07) is 19.7. The highest BCUT2D eigenvalue weighted by atomic mass is 16.5. The molecule has 0 aliphatic rings. The smallest absolute Gasteiger partial charge is 0.330 e. The Balaban J connectivity index is 1.57. The fourth-order valence-electron chi connectivity index (χ4n) is 3.54. The molecule has 7 nitrogen and oxygen atoms in total. The zero-order valence-corrected chi connectivity index (χ0v) is 19.1. The molecule has 3 aromatic carbocycles. The van der Waals surface area contributed by atoms with E-state index in [1.165, 1.54) is 10.6 Å². The van der Waals surface area contributed by atoms with Crippen molar-refractivity contribution in [2.45, 2.75) is 0 Å². The molecule has 0 radical (unpaired) electrons. The van der Waals surface area contributed by atoms with E-state index in [1.807, 2.05) is 30.3 Å². The van der Waals surface area contributed by atoms with Crippen molar-refractivity contribution in [3.63, 3.8) is 0 Å². The molecule has 4 aromatic rings. The summed E-state index contributed by atoms with van der Waals surface area (Å²) in [5.74, 6) is 1.75. The highest BCUT2D eigenvalue weighted by Crippen LogP contribution is 2.28. The normalized spacial score (nSPS) is 10.9. The van der Waals surface area contributed by atoms with Gasteiger partial charge in [-0.1, -0.05) is 24.3 Å². The van der Waals surface area contributed by atoms with Crippen LogP contribution in [0.3, 0.4) is 0 Å².